The highest BCUT2D eigenvalue weighted by molar-refractivity contribution is 5.90. The molecule has 0 bridgehead atoms. The molecule has 5 nitrogen and oxygen atoms in total. The number of carbonyl (C=O) groups is 1. The lowest BCUT2D eigenvalue weighted by Crippen LogP contribution is -2.08. The van der Waals surface area contributed by atoms with Gasteiger partial charge >= 0.3 is 0 Å². The predicted molar refractivity (Wildman–Crippen MR) is 114 cm³/mol. The standard InChI is InChI=1S/C23H28N4O/c1-15-23(19(14-28)6-3-8-24)20-11-17-4-2-5-18(17)12-21(20)27(15)13-16-7-9-26-22(25)10-16/h7,9-12,14,19H,2-6,8,13,24H2,1H3,(H2,25,26). The monoisotopic (exact) mass is 376 g/mol. The van der Waals surface area contributed by atoms with Gasteiger partial charge in [0.2, 0.25) is 0 Å². The average Bonchev–Trinajstić information content (AvgIpc) is 3.24. The van der Waals surface area contributed by atoms with E-state index in [4.69, 9.17) is 11.5 Å². The number of aldehydes is 1. The van der Waals surface area contributed by atoms with Crippen molar-refractivity contribution in [3.8, 4) is 0 Å². The average molecular weight is 377 g/mol. The minimum Gasteiger partial charge on any atom is -0.384 e. The first kappa shape index (κ1) is 18.7. The summed E-state index contributed by atoms with van der Waals surface area (Å²) in [7, 11) is 0. The minimum absolute atomic E-state index is 0.116. The fourth-order valence-electron chi connectivity index (χ4n) is 4.64. The lowest BCUT2D eigenvalue weighted by Gasteiger charge is -2.12. The molecule has 0 spiro atoms. The van der Waals surface area contributed by atoms with Gasteiger partial charge in [-0.3, -0.25) is 0 Å². The molecule has 1 aliphatic rings. The second kappa shape index (κ2) is 7.76. The summed E-state index contributed by atoms with van der Waals surface area (Å²) in [6.45, 7) is 3.45. The molecule has 1 aliphatic carbocycles. The number of nitrogens with zero attached hydrogens (tertiary/aromatic N) is 2. The Balaban J connectivity index is 1.88. The van der Waals surface area contributed by atoms with E-state index in [9.17, 15) is 4.79 Å². The molecule has 1 unspecified atom stereocenters. The van der Waals surface area contributed by atoms with Crippen molar-refractivity contribution < 1.29 is 4.79 Å². The van der Waals surface area contributed by atoms with Crippen molar-refractivity contribution >= 4 is 23.0 Å². The van der Waals surface area contributed by atoms with Crippen molar-refractivity contribution in [2.24, 2.45) is 5.73 Å². The van der Waals surface area contributed by atoms with Crippen LogP contribution in [-0.2, 0) is 24.2 Å². The van der Waals surface area contributed by atoms with Crippen molar-refractivity contribution in [2.45, 2.75) is 51.5 Å². The Morgan fingerprint density at radius 2 is 2.04 bits per heavy atom. The van der Waals surface area contributed by atoms with Crippen LogP contribution in [0.15, 0.2) is 30.5 Å². The maximum Gasteiger partial charge on any atom is 0.127 e. The molecule has 0 radical (unpaired) electrons. The molecule has 0 fully saturated rings. The number of carbonyl (C=O) groups excluding carboxylic acids is 1. The van der Waals surface area contributed by atoms with Crippen LogP contribution in [-0.4, -0.2) is 22.4 Å². The molecular weight excluding hydrogens is 348 g/mol. The quantitative estimate of drug-likeness (QED) is 0.618. The molecule has 0 saturated heterocycles. The van der Waals surface area contributed by atoms with Crippen LogP contribution < -0.4 is 11.5 Å². The summed E-state index contributed by atoms with van der Waals surface area (Å²) in [5.41, 5.74) is 19.1. The molecular formula is C23H28N4O. The van der Waals surface area contributed by atoms with Crippen LogP contribution in [0.25, 0.3) is 10.9 Å². The molecule has 0 aliphatic heterocycles. The number of pyridine rings is 1. The van der Waals surface area contributed by atoms with Crippen molar-refractivity contribution in [3.05, 3.63) is 58.4 Å². The molecule has 0 amide bonds. The van der Waals surface area contributed by atoms with Crippen LogP contribution in [0.2, 0.25) is 0 Å². The van der Waals surface area contributed by atoms with Gasteiger partial charge in [0.05, 0.1) is 0 Å². The van der Waals surface area contributed by atoms with Gasteiger partial charge in [-0.05, 0) is 92.1 Å². The topological polar surface area (TPSA) is 86.9 Å². The third-order valence-electron chi connectivity index (χ3n) is 6.03. The Labute approximate surface area is 165 Å². The van der Waals surface area contributed by atoms with Crippen molar-refractivity contribution in [2.75, 3.05) is 12.3 Å². The van der Waals surface area contributed by atoms with E-state index in [0.29, 0.717) is 12.4 Å². The normalized spacial score (nSPS) is 14.4. The zero-order chi connectivity index (χ0) is 19.7. The Kier molecular flexibility index (Phi) is 5.18. The molecule has 2 aromatic heterocycles. The van der Waals surface area contributed by atoms with Gasteiger partial charge in [0.25, 0.3) is 0 Å². The molecule has 2 heterocycles. The van der Waals surface area contributed by atoms with Crippen LogP contribution in [0.3, 0.4) is 0 Å². The highest BCUT2D eigenvalue weighted by Crippen LogP contribution is 2.37. The molecule has 1 atom stereocenters. The number of nitrogens with two attached hydrogens (primary N) is 2. The Morgan fingerprint density at radius 3 is 2.75 bits per heavy atom. The summed E-state index contributed by atoms with van der Waals surface area (Å²) in [5.74, 6) is 0.413. The van der Waals surface area contributed by atoms with Crippen LogP contribution in [0.1, 0.15) is 53.1 Å². The molecule has 146 valence electrons. The fraction of sp³-hybridized carbons (Fsp3) is 0.391. The Bertz CT molecular complexity index is 1020. The van der Waals surface area contributed by atoms with E-state index in [2.05, 4.69) is 28.6 Å². The summed E-state index contributed by atoms with van der Waals surface area (Å²) in [6, 6.07) is 8.59. The minimum atomic E-state index is -0.116. The highest BCUT2D eigenvalue weighted by atomic mass is 16.1. The lowest BCUT2D eigenvalue weighted by molar-refractivity contribution is -0.109. The molecule has 0 saturated carbocycles. The van der Waals surface area contributed by atoms with Gasteiger partial charge in [-0.15, -0.1) is 0 Å². The number of fused-ring (bicyclic) bond motifs is 2. The Hall–Kier alpha value is -2.66. The van der Waals surface area contributed by atoms with Gasteiger partial charge in [0.15, 0.2) is 0 Å². The van der Waals surface area contributed by atoms with Crippen LogP contribution in [0, 0.1) is 6.92 Å². The summed E-state index contributed by atoms with van der Waals surface area (Å²) >= 11 is 0. The van der Waals surface area contributed by atoms with Crippen molar-refractivity contribution in [3.63, 3.8) is 0 Å². The maximum absolute atomic E-state index is 12.0. The summed E-state index contributed by atoms with van der Waals surface area (Å²) < 4.78 is 2.33. The van der Waals surface area contributed by atoms with Crippen LogP contribution >= 0.6 is 0 Å². The molecule has 1 aromatic carbocycles. The number of aromatic nitrogens is 2. The summed E-state index contributed by atoms with van der Waals surface area (Å²) in [4.78, 5) is 16.1. The first-order valence-electron chi connectivity index (χ1n) is 10.1. The van der Waals surface area contributed by atoms with E-state index in [1.165, 1.54) is 28.5 Å². The number of anilines is 1. The number of hydrogen-bond donors (Lipinski definition) is 2. The van der Waals surface area contributed by atoms with Gasteiger partial charge in [-0.2, -0.15) is 0 Å². The Morgan fingerprint density at radius 1 is 1.25 bits per heavy atom. The fourth-order valence-corrected chi connectivity index (χ4v) is 4.64. The second-order valence-corrected chi connectivity index (χ2v) is 7.84. The number of benzene rings is 1. The zero-order valence-corrected chi connectivity index (χ0v) is 16.4. The van der Waals surface area contributed by atoms with E-state index in [1.807, 2.05) is 12.1 Å². The third-order valence-corrected chi connectivity index (χ3v) is 6.03. The summed E-state index contributed by atoms with van der Waals surface area (Å²) in [6.07, 6.45) is 7.96. The number of rotatable bonds is 7. The van der Waals surface area contributed by atoms with Gasteiger partial charge in [-0.1, -0.05) is 0 Å². The van der Waals surface area contributed by atoms with E-state index in [1.54, 1.807) is 6.20 Å². The molecule has 3 aromatic rings. The molecule has 28 heavy (non-hydrogen) atoms. The summed E-state index contributed by atoms with van der Waals surface area (Å²) in [5, 5.41) is 1.22. The van der Waals surface area contributed by atoms with Gasteiger partial charge < -0.3 is 20.8 Å². The van der Waals surface area contributed by atoms with E-state index in [0.717, 1.165) is 55.3 Å². The van der Waals surface area contributed by atoms with Gasteiger partial charge in [0, 0.05) is 35.3 Å². The van der Waals surface area contributed by atoms with Crippen molar-refractivity contribution in [1.82, 2.24) is 9.55 Å². The number of hydrogen-bond acceptors (Lipinski definition) is 4. The zero-order valence-electron chi connectivity index (χ0n) is 16.4. The van der Waals surface area contributed by atoms with E-state index in [-0.39, 0.29) is 5.92 Å². The van der Waals surface area contributed by atoms with Crippen LogP contribution in [0.5, 0.6) is 0 Å². The van der Waals surface area contributed by atoms with Crippen LogP contribution in [0.4, 0.5) is 5.82 Å². The van der Waals surface area contributed by atoms with Crippen molar-refractivity contribution in [1.29, 1.82) is 0 Å². The predicted octanol–water partition coefficient (Wildman–Crippen LogP) is 3.49. The largest absolute Gasteiger partial charge is 0.384 e. The molecule has 5 heteroatoms. The molecule has 4 rings (SSSR count). The first-order chi connectivity index (χ1) is 13.6. The third kappa shape index (κ3) is 3.31. The smallest absolute Gasteiger partial charge is 0.127 e. The van der Waals surface area contributed by atoms with Gasteiger partial charge in [-0.25, -0.2) is 4.98 Å². The first-order valence-corrected chi connectivity index (χ1v) is 10.1. The molecule has 4 N–H and O–H groups in total. The number of nitrogen functional groups attached to an aromatic ring is 1. The van der Waals surface area contributed by atoms with Gasteiger partial charge in [0.1, 0.15) is 12.1 Å². The van der Waals surface area contributed by atoms with E-state index >= 15 is 0 Å². The maximum atomic E-state index is 12.0. The second-order valence-electron chi connectivity index (χ2n) is 7.84. The SMILES string of the molecule is Cc1c(C(C=O)CCCN)c2cc3c(cc2n1Cc1ccnc(N)c1)CCC3. The highest BCUT2D eigenvalue weighted by Gasteiger charge is 2.24. The number of aryl methyl sites for hydroxylation is 2. The lowest BCUT2D eigenvalue weighted by atomic mass is 9.92. The van der Waals surface area contributed by atoms with E-state index < -0.39 is 0 Å².